The summed E-state index contributed by atoms with van der Waals surface area (Å²) in [6, 6.07) is 10.1. The Hall–Kier alpha value is -0.630. The van der Waals surface area contributed by atoms with Crippen LogP contribution in [-0.2, 0) is 4.79 Å². The second-order valence-electron chi connectivity index (χ2n) is 3.76. The zero-order valence-electron chi connectivity index (χ0n) is 7.95. The highest BCUT2D eigenvalue weighted by Gasteiger charge is 2.29. The standard InChI is InChI=1S/C12H13BrO/c13-11-8-4-7-10(12(11)14)9-5-2-1-3-6-9/h1-3,5-6,10-11H,4,7-8H2/t10-,11-/m0/s1. The zero-order valence-corrected chi connectivity index (χ0v) is 9.53. The first-order chi connectivity index (χ1) is 6.79. The molecule has 0 N–H and O–H groups in total. The predicted molar refractivity (Wildman–Crippen MR) is 60.8 cm³/mol. The van der Waals surface area contributed by atoms with Gasteiger partial charge in [-0.2, -0.15) is 0 Å². The molecule has 1 fully saturated rings. The van der Waals surface area contributed by atoms with Crippen molar-refractivity contribution in [3.05, 3.63) is 35.9 Å². The third-order valence-electron chi connectivity index (χ3n) is 2.80. The molecule has 0 unspecified atom stereocenters. The van der Waals surface area contributed by atoms with Crippen molar-refractivity contribution in [2.45, 2.75) is 30.0 Å². The van der Waals surface area contributed by atoms with E-state index in [-0.39, 0.29) is 10.7 Å². The molecule has 2 rings (SSSR count). The van der Waals surface area contributed by atoms with Crippen molar-refractivity contribution in [3.8, 4) is 0 Å². The average Bonchev–Trinajstić information content (AvgIpc) is 2.23. The topological polar surface area (TPSA) is 17.1 Å². The summed E-state index contributed by atoms with van der Waals surface area (Å²) >= 11 is 3.44. The van der Waals surface area contributed by atoms with Crippen LogP contribution in [0.1, 0.15) is 30.7 Å². The van der Waals surface area contributed by atoms with Crippen LogP contribution in [0.15, 0.2) is 30.3 Å². The number of carbonyl (C=O) groups is 1. The van der Waals surface area contributed by atoms with Crippen LogP contribution in [0.25, 0.3) is 0 Å². The van der Waals surface area contributed by atoms with Gasteiger partial charge in [0.15, 0.2) is 5.78 Å². The lowest BCUT2D eigenvalue weighted by molar-refractivity contribution is -0.121. The number of Topliss-reactive ketones (excluding diaryl/α,β-unsaturated/α-hetero) is 1. The zero-order chi connectivity index (χ0) is 9.97. The Bertz CT molecular complexity index is 320. The third-order valence-corrected chi connectivity index (χ3v) is 3.71. The minimum Gasteiger partial charge on any atom is -0.298 e. The minimum absolute atomic E-state index is 0.0708. The molecular formula is C12H13BrO. The fourth-order valence-electron chi connectivity index (χ4n) is 2.02. The first-order valence-electron chi connectivity index (χ1n) is 5.02. The van der Waals surface area contributed by atoms with Gasteiger partial charge >= 0.3 is 0 Å². The van der Waals surface area contributed by atoms with E-state index in [1.807, 2.05) is 30.3 Å². The summed E-state index contributed by atoms with van der Waals surface area (Å²) in [4.78, 5) is 11.9. The molecule has 0 aliphatic heterocycles. The van der Waals surface area contributed by atoms with E-state index in [2.05, 4.69) is 15.9 Å². The van der Waals surface area contributed by atoms with E-state index in [0.717, 1.165) is 19.3 Å². The first-order valence-corrected chi connectivity index (χ1v) is 5.93. The molecule has 1 aromatic carbocycles. The van der Waals surface area contributed by atoms with Crippen LogP contribution < -0.4 is 0 Å². The number of rotatable bonds is 1. The van der Waals surface area contributed by atoms with Crippen molar-refractivity contribution in [2.24, 2.45) is 0 Å². The normalized spacial score (nSPS) is 27.6. The van der Waals surface area contributed by atoms with Crippen LogP contribution in [0.5, 0.6) is 0 Å². The Kier molecular flexibility index (Phi) is 3.02. The Labute approximate surface area is 92.6 Å². The highest BCUT2D eigenvalue weighted by molar-refractivity contribution is 9.10. The SMILES string of the molecule is O=C1[C@H](c2ccccc2)CCC[C@@H]1Br. The number of ketones is 1. The van der Waals surface area contributed by atoms with Crippen LogP contribution >= 0.6 is 15.9 Å². The number of hydrogen-bond donors (Lipinski definition) is 0. The molecule has 0 saturated heterocycles. The quantitative estimate of drug-likeness (QED) is 0.702. The Morgan fingerprint density at radius 2 is 1.86 bits per heavy atom. The predicted octanol–water partition coefficient (Wildman–Crippen LogP) is 3.29. The number of hydrogen-bond acceptors (Lipinski definition) is 1. The molecule has 0 bridgehead atoms. The second kappa shape index (κ2) is 4.26. The number of alkyl halides is 1. The van der Waals surface area contributed by atoms with Gasteiger partial charge in [0.2, 0.25) is 0 Å². The fraction of sp³-hybridized carbons (Fsp3) is 0.417. The summed E-state index contributed by atoms with van der Waals surface area (Å²) in [7, 11) is 0. The van der Waals surface area contributed by atoms with Crippen LogP contribution in [0.2, 0.25) is 0 Å². The van der Waals surface area contributed by atoms with E-state index >= 15 is 0 Å². The van der Waals surface area contributed by atoms with E-state index in [0.29, 0.717) is 5.78 Å². The summed E-state index contributed by atoms with van der Waals surface area (Å²) in [6.07, 6.45) is 3.13. The Morgan fingerprint density at radius 3 is 2.57 bits per heavy atom. The van der Waals surface area contributed by atoms with E-state index in [1.54, 1.807) is 0 Å². The number of carbonyl (C=O) groups excluding carboxylic acids is 1. The summed E-state index contributed by atoms with van der Waals surface area (Å²) in [6.45, 7) is 0. The molecule has 0 spiro atoms. The lowest BCUT2D eigenvalue weighted by atomic mass is 9.83. The summed E-state index contributed by atoms with van der Waals surface area (Å²) in [5, 5.41) is 0. The van der Waals surface area contributed by atoms with Crippen molar-refractivity contribution in [3.63, 3.8) is 0 Å². The number of benzene rings is 1. The summed E-state index contributed by atoms with van der Waals surface area (Å²) in [5.41, 5.74) is 1.17. The molecule has 1 aliphatic carbocycles. The van der Waals surface area contributed by atoms with Crippen LogP contribution in [0.4, 0.5) is 0 Å². The molecule has 2 atom stereocenters. The lowest BCUT2D eigenvalue weighted by Crippen LogP contribution is -2.26. The van der Waals surface area contributed by atoms with Gasteiger partial charge in [-0.3, -0.25) is 4.79 Å². The van der Waals surface area contributed by atoms with Crippen molar-refractivity contribution < 1.29 is 4.79 Å². The maximum Gasteiger partial charge on any atom is 0.153 e. The molecule has 2 heteroatoms. The number of halogens is 1. The molecule has 1 aliphatic rings. The Morgan fingerprint density at radius 1 is 1.14 bits per heavy atom. The molecule has 14 heavy (non-hydrogen) atoms. The van der Waals surface area contributed by atoms with Crippen molar-refractivity contribution in [2.75, 3.05) is 0 Å². The molecule has 0 amide bonds. The van der Waals surface area contributed by atoms with E-state index in [4.69, 9.17) is 0 Å². The van der Waals surface area contributed by atoms with Gasteiger partial charge in [-0.25, -0.2) is 0 Å². The van der Waals surface area contributed by atoms with Crippen molar-refractivity contribution in [1.29, 1.82) is 0 Å². The van der Waals surface area contributed by atoms with Gasteiger partial charge in [0.25, 0.3) is 0 Å². The Balaban J connectivity index is 2.22. The van der Waals surface area contributed by atoms with Crippen LogP contribution in [0.3, 0.4) is 0 Å². The van der Waals surface area contributed by atoms with Crippen LogP contribution in [-0.4, -0.2) is 10.6 Å². The summed E-state index contributed by atoms with van der Waals surface area (Å²) < 4.78 is 0. The maximum absolute atomic E-state index is 11.9. The molecule has 1 nitrogen and oxygen atoms in total. The van der Waals surface area contributed by atoms with Gasteiger partial charge in [-0.05, 0) is 18.4 Å². The highest BCUT2D eigenvalue weighted by atomic mass is 79.9. The van der Waals surface area contributed by atoms with Crippen molar-refractivity contribution >= 4 is 21.7 Å². The molecule has 0 heterocycles. The van der Waals surface area contributed by atoms with Gasteiger partial charge in [0, 0.05) is 5.92 Å². The molecular weight excluding hydrogens is 240 g/mol. The highest BCUT2D eigenvalue weighted by Crippen LogP contribution is 2.32. The van der Waals surface area contributed by atoms with Crippen LogP contribution in [0, 0.1) is 0 Å². The van der Waals surface area contributed by atoms with E-state index < -0.39 is 0 Å². The monoisotopic (exact) mass is 252 g/mol. The summed E-state index contributed by atoms with van der Waals surface area (Å²) in [5.74, 6) is 0.469. The second-order valence-corrected chi connectivity index (χ2v) is 4.87. The maximum atomic E-state index is 11.9. The third kappa shape index (κ3) is 1.90. The van der Waals surface area contributed by atoms with E-state index in [1.165, 1.54) is 5.56 Å². The van der Waals surface area contributed by atoms with Gasteiger partial charge in [-0.1, -0.05) is 52.7 Å². The van der Waals surface area contributed by atoms with Crippen molar-refractivity contribution in [1.82, 2.24) is 0 Å². The molecule has 74 valence electrons. The lowest BCUT2D eigenvalue weighted by Gasteiger charge is -2.24. The molecule has 1 saturated carbocycles. The van der Waals surface area contributed by atoms with E-state index in [9.17, 15) is 4.79 Å². The molecule has 0 aromatic heterocycles. The van der Waals surface area contributed by atoms with Gasteiger partial charge in [0.05, 0.1) is 4.83 Å². The average molecular weight is 253 g/mol. The molecule has 0 radical (unpaired) electrons. The minimum atomic E-state index is 0.0708. The van der Waals surface area contributed by atoms with Gasteiger partial charge in [-0.15, -0.1) is 0 Å². The fourth-order valence-corrected chi connectivity index (χ4v) is 2.66. The first kappa shape index (κ1) is 9.91. The van der Waals surface area contributed by atoms with Gasteiger partial charge < -0.3 is 0 Å². The largest absolute Gasteiger partial charge is 0.298 e. The van der Waals surface area contributed by atoms with Gasteiger partial charge in [0.1, 0.15) is 0 Å². The molecule has 1 aromatic rings. The smallest absolute Gasteiger partial charge is 0.153 e.